The van der Waals surface area contributed by atoms with Crippen LogP contribution in [0, 0.1) is 5.92 Å². The van der Waals surface area contributed by atoms with Crippen molar-refractivity contribution in [2.75, 3.05) is 31.6 Å². The van der Waals surface area contributed by atoms with Crippen LogP contribution in [-0.4, -0.2) is 66.0 Å². The maximum Gasteiger partial charge on any atom is 0.267 e. The first-order valence-corrected chi connectivity index (χ1v) is 10.9. The Morgan fingerprint density at radius 2 is 2.07 bits per heavy atom. The second-order valence-electron chi connectivity index (χ2n) is 8.43. The predicted octanol–water partition coefficient (Wildman–Crippen LogP) is 1.63. The van der Waals surface area contributed by atoms with Crippen LogP contribution in [0.2, 0.25) is 0 Å². The summed E-state index contributed by atoms with van der Waals surface area (Å²) in [7, 11) is 1.69. The van der Waals surface area contributed by atoms with Crippen molar-refractivity contribution in [1.29, 1.82) is 0 Å². The summed E-state index contributed by atoms with van der Waals surface area (Å²) in [5.41, 5.74) is 2.50. The van der Waals surface area contributed by atoms with E-state index in [2.05, 4.69) is 5.16 Å². The lowest BCUT2D eigenvalue weighted by Crippen LogP contribution is -2.42. The zero-order chi connectivity index (χ0) is 20.3. The van der Waals surface area contributed by atoms with Crippen molar-refractivity contribution < 1.29 is 19.2 Å². The van der Waals surface area contributed by atoms with Gasteiger partial charge in [0.05, 0.1) is 17.8 Å². The summed E-state index contributed by atoms with van der Waals surface area (Å²) in [6.45, 7) is 3.65. The molecule has 0 saturated heterocycles. The van der Waals surface area contributed by atoms with Gasteiger partial charge in [0.1, 0.15) is 11.5 Å². The molecule has 1 unspecified atom stereocenters. The van der Waals surface area contributed by atoms with Gasteiger partial charge >= 0.3 is 0 Å². The first kappa shape index (κ1) is 18.6. The molecule has 5 rings (SSSR count). The molecule has 0 radical (unpaired) electrons. The van der Waals surface area contributed by atoms with E-state index in [0.717, 1.165) is 34.0 Å². The summed E-state index contributed by atoms with van der Waals surface area (Å²) in [5.74, 6) is 0.358. The Hall–Kier alpha value is -2.42. The molecule has 3 amide bonds. The first-order valence-electron chi connectivity index (χ1n) is 10.1. The minimum Gasteiger partial charge on any atom is -0.382 e. The Balaban J connectivity index is 1.45. The monoisotopic (exact) mass is 416 g/mol. The highest BCUT2D eigenvalue weighted by atomic mass is 32.1. The maximum absolute atomic E-state index is 13.1. The Morgan fingerprint density at radius 1 is 1.28 bits per heavy atom. The number of hydrogen-bond donors (Lipinski definition) is 0. The van der Waals surface area contributed by atoms with Crippen molar-refractivity contribution >= 4 is 39.8 Å². The molecule has 0 bridgehead atoms. The number of amides is 3. The van der Waals surface area contributed by atoms with E-state index in [1.54, 1.807) is 11.9 Å². The van der Waals surface area contributed by atoms with Crippen molar-refractivity contribution in [3.05, 3.63) is 16.0 Å². The zero-order valence-corrected chi connectivity index (χ0v) is 17.5. The fraction of sp³-hybridized carbons (Fsp3) is 0.600. The summed E-state index contributed by atoms with van der Waals surface area (Å²) < 4.78 is 0. The van der Waals surface area contributed by atoms with Gasteiger partial charge in [0.25, 0.3) is 11.8 Å². The Labute approximate surface area is 173 Å². The van der Waals surface area contributed by atoms with Crippen LogP contribution in [0.3, 0.4) is 0 Å². The number of hydrogen-bond acceptors (Lipinski definition) is 6. The van der Waals surface area contributed by atoms with Gasteiger partial charge < -0.3 is 19.5 Å². The van der Waals surface area contributed by atoms with E-state index in [1.165, 1.54) is 16.2 Å². The molecule has 154 valence electrons. The second kappa shape index (κ2) is 6.83. The summed E-state index contributed by atoms with van der Waals surface area (Å²) in [6.07, 6.45) is 2.87. The van der Waals surface area contributed by atoms with Crippen LogP contribution >= 0.6 is 11.3 Å². The number of likely N-dealkylation sites (N-methyl/N-ethyl adjacent to an activating group) is 1. The zero-order valence-electron chi connectivity index (χ0n) is 16.6. The lowest BCUT2D eigenvalue weighted by atomic mass is 10.0. The smallest absolute Gasteiger partial charge is 0.267 e. The quantitative estimate of drug-likeness (QED) is 0.750. The van der Waals surface area contributed by atoms with Gasteiger partial charge in [-0.15, -0.1) is 11.3 Å². The third kappa shape index (κ3) is 3.21. The van der Waals surface area contributed by atoms with Gasteiger partial charge in [-0.3, -0.25) is 14.4 Å². The molecule has 0 N–H and O–H groups in total. The standard InChI is InChI=1S/C20H24N4O4S/c1-11-7-14(28-21-11)18(26)23-6-5-13-15(9-23)29-20-17(13)19(27)22(2)10-16(25)24(20)8-12-3-4-12/h12,14H,3-10H2,1-2H3. The molecule has 4 heterocycles. The average molecular weight is 417 g/mol. The Bertz CT molecular complexity index is 935. The number of oxime groups is 1. The number of anilines is 1. The first-order chi connectivity index (χ1) is 13.9. The molecule has 1 atom stereocenters. The maximum atomic E-state index is 13.1. The van der Waals surface area contributed by atoms with Crippen LogP contribution in [0.4, 0.5) is 5.00 Å². The number of nitrogens with zero attached hydrogens (tertiary/aromatic N) is 4. The van der Waals surface area contributed by atoms with E-state index >= 15 is 0 Å². The third-order valence-electron chi connectivity index (χ3n) is 6.06. The van der Waals surface area contributed by atoms with Gasteiger partial charge in [0, 0.05) is 31.4 Å². The molecule has 3 aliphatic heterocycles. The topological polar surface area (TPSA) is 82.5 Å². The molecule has 1 aromatic heterocycles. The molecule has 0 spiro atoms. The lowest BCUT2D eigenvalue weighted by Gasteiger charge is -2.29. The summed E-state index contributed by atoms with van der Waals surface area (Å²) in [4.78, 5) is 50.1. The van der Waals surface area contributed by atoms with Crippen LogP contribution in [-0.2, 0) is 27.4 Å². The molecule has 1 fully saturated rings. The summed E-state index contributed by atoms with van der Waals surface area (Å²) >= 11 is 1.50. The highest BCUT2D eigenvalue weighted by molar-refractivity contribution is 7.17. The van der Waals surface area contributed by atoms with E-state index in [9.17, 15) is 14.4 Å². The summed E-state index contributed by atoms with van der Waals surface area (Å²) in [6, 6.07) is 0. The van der Waals surface area contributed by atoms with Gasteiger partial charge in [0.2, 0.25) is 12.0 Å². The van der Waals surface area contributed by atoms with Gasteiger partial charge in [-0.25, -0.2) is 0 Å². The Morgan fingerprint density at radius 3 is 2.76 bits per heavy atom. The molecule has 4 aliphatic rings. The molecule has 0 aromatic carbocycles. The highest BCUT2D eigenvalue weighted by Crippen LogP contribution is 2.43. The van der Waals surface area contributed by atoms with Crippen molar-refractivity contribution in [2.24, 2.45) is 11.1 Å². The fourth-order valence-electron chi connectivity index (χ4n) is 4.23. The fourth-order valence-corrected chi connectivity index (χ4v) is 5.61. The largest absolute Gasteiger partial charge is 0.382 e. The van der Waals surface area contributed by atoms with E-state index in [1.807, 2.05) is 11.8 Å². The van der Waals surface area contributed by atoms with Crippen molar-refractivity contribution in [3.8, 4) is 0 Å². The van der Waals surface area contributed by atoms with Gasteiger partial charge in [0.15, 0.2) is 0 Å². The SMILES string of the molecule is CC1=NOC(C(=O)N2CCc3c(sc4c3C(=O)N(C)CC(=O)N4CC3CC3)C2)C1. The van der Waals surface area contributed by atoms with Crippen molar-refractivity contribution in [3.63, 3.8) is 0 Å². The Kier molecular flexibility index (Phi) is 4.38. The minimum absolute atomic E-state index is 0.0231. The second-order valence-corrected chi connectivity index (χ2v) is 9.51. The molecule has 1 aromatic rings. The molecule has 1 aliphatic carbocycles. The number of fused-ring (bicyclic) bond motifs is 3. The van der Waals surface area contributed by atoms with E-state index in [4.69, 9.17) is 4.84 Å². The normalized spacial score (nSPS) is 24.1. The average Bonchev–Trinajstić information content (AvgIpc) is 3.31. The van der Waals surface area contributed by atoms with Crippen LogP contribution < -0.4 is 4.90 Å². The molecular weight excluding hydrogens is 392 g/mol. The minimum atomic E-state index is -0.546. The highest BCUT2D eigenvalue weighted by Gasteiger charge is 2.40. The van der Waals surface area contributed by atoms with Gasteiger partial charge in [-0.2, -0.15) is 0 Å². The molecule has 8 nitrogen and oxygen atoms in total. The van der Waals surface area contributed by atoms with Crippen molar-refractivity contribution in [1.82, 2.24) is 9.80 Å². The predicted molar refractivity (Wildman–Crippen MR) is 108 cm³/mol. The molecule has 9 heteroatoms. The van der Waals surface area contributed by atoms with Crippen LogP contribution in [0.5, 0.6) is 0 Å². The summed E-state index contributed by atoms with van der Waals surface area (Å²) in [5, 5.41) is 4.66. The number of carbonyl (C=O) groups is 3. The number of carbonyl (C=O) groups excluding carboxylic acids is 3. The van der Waals surface area contributed by atoms with Crippen molar-refractivity contribution in [2.45, 2.75) is 45.3 Å². The molecular formula is C20H24N4O4S. The number of rotatable bonds is 3. The van der Waals surface area contributed by atoms with Gasteiger partial charge in [-0.1, -0.05) is 5.16 Å². The van der Waals surface area contributed by atoms with E-state index in [-0.39, 0.29) is 24.3 Å². The molecule has 1 saturated carbocycles. The molecule has 29 heavy (non-hydrogen) atoms. The van der Waals surface area contributed by atoms with E-state index in [0.29, 0.717) is 44.0 Å². The van der Waals surface area contributed by atoms with Gasteiger partial charge in [-0.05, 0) is 37.7 Å². The number of thiophene rings is 1. The van der Waals surface area contributed by atoms with E-state index < -0.39 is 6.10 Å². The van der Waals surface area contributed by atoms with Crippen LogP contribution in [0.25, 0.3) is 0 Å². The van der Waals surface area contributed by atoms with Crippen LogP contribution in [0.1, 0.15) is 47.0 Å². The lowest BCUT2D eigenvalue weighted by molar-refractivity contribution is -0.143. The third-order valence-corrected chi connectivity index (χ3v) is 7.30. The van der Waals surface area contributed by atoms with Crippen LogP contribution in [0.15, 0.2) is 5.16 Å².